The van der Waals surface area contributed by atoms with Crippen LogP contribution in [0.5, 0.6) is 0 Å². The van der Waals surface area contributed by atoms with Crippen molar-refractivity contribution in [2.45, 2.75) is 38.6 Å². The SMILES string of the molecule is CCN1CCC(CC(=O)N[C@H](Cc2cc(F)c(F)c(F)c2)C(=O)O)CC1. The van der Waals surface area contributed by atoms with E-state index < -0.39 is 35.4 Å². The van der Waals surface area contributed by atoms with Crippen LogP contribution in [0.25, 0.3) is 0 Å². The van der Waals surface area contributed by atoms with E-state index in [4.69, 9.17) is 0 Å². The number of hydrogen-bond acceptors (Lipinski definition) is 3. The molecule has 1 heterocycles. The van der Waals surface area contributed by atoms with E-state index in [1.54, 1.807) is 0 Å². The molecule has 0 radical (unpaired) electrons. The Bertz CT molecular complexity index is 638. The number of rotatable bonds is 7. The van der Waals surface area contributed by atoms with Crippen molar-refractivity contribution in [3.63, 3.8) is 0 Å². The van der Waals surface area contributed by atoms with Gasteiger partial charge in [-0.1, -0.05) is 6.92 Å². The van der Waals surface area contributed by atoms with E-state index in [-0.39, 0.29) is 24.3 Å². The molecule has 0 bridgehead atoms. The van der Waals surface area contributed by atoms with Crippen LogP contribution in [-0.4, -0.2) is 47.6 Å². The van der Waals surface area contributed by atoms with Gasteiger partial charge < -0.3 is 15.3 Å². The number of carboxylic acid groups (broad SMARTS) is 1. The summed E-state index contributed by atoms with van der Waals surface area (Å²) in [4.78, 5) is 25.8. The largest absolute Gasteiger partial charge is 0.480 e. The van der Waals surface area contributed by atoms with Gasteiger partial charge in [-0.2, -0.15) is 0 Å². The van der Waals surface area contributed by atoms with Gasteiger partial charge >= 0.3 is 5.97 Å². The van der Waals surface area contributed by atoms with Gasteiger partial charge in [-0.3, -0.25) is 4.79 Å². The lowest BCUT2D eigenvalue weighted by Crippen LogP contribution is -2.43. The molecule has 1 atom stereocenters. The molecule has 0 aliphatic carbocycles. The van der Waals surface area contributed by atoms with Crippen LogP contribution in [0.3, 0.4) is 0 Å². The van der Waals surface area contributed by atoms with Crippen LogP contribution in [0, 0.1) is 23.4 Å². The third-order valence-electron chi connectivity index (χ3n) is 4.75. The van der Waals surface area contributed by atoms with Gasteiger partial charge in [0.15, 0.2) is 17.5 Å². The summed E-state index contributed by atoms with van der Waals surface area (Å²) in [5.41, 5.74) is -0.0367. The van der Waals surface area contributed by atoms with Crippen molar-refractivity contribution in [1.82, 2.24) is 10.2 Å². The van der Waals surface area contributed by atoms with Crippen molar-refractivity contribution < 1.29 is 27.9 Å². The molecule has 144 valence electrons. The number of carboxylic acids is 1. The Morgan fingerprint density at radius 2 is 1.81 bits per heavy atom. The fourth-order valence-electron chi connectivity index (χ4n) is 3.18. The Labute approximate surface area is 150 Å². The summed E-state index contributed by atoms with van der Waals surface area (Å²) < 4.78 is 39.5. The van der Waals surface area contributed by atoms with Gasteiger partial charge in [0.05, 0.1) is 0 Å². The second kappa shape index (κ2) is 9.02. The van der Waals surface area contributed by atoms with Crippen molar-refractivity contribution in [2.75, 3.05) is 19.6 Å². The van der Waals surface area contributed by atoms with Crippen LogP contribution in [0.2, 0.25) is 0 Å². The predicted molar refractivity (Wildman–Crippen MR) is 89.0 cm³/mol. The Kier molecular flexibility index (Phi) is 7.02. The van der Waals surface area contributed by atoms with Crippen molar-refractivity contribution in [3.8, 4) is 0 Å². The molecule has 0 unspecified atom stereocenters. The van der Waals surface area contributed by atoms with Gasteiger partial charge in [0.1, 0.15) is 6.04 Å². The van der Waals surface area contributed by atoms with E-state index in [0.717, 1.165) is 44.6 Å². The highest BCUT2D eigenvalue weighted by molar-refractivity contribution is 5.83. The minimum atomic E-state index is -1.61. The number of carbonyl (C=O) groups excluding carboxylic acids is 1. The van der Waals surface area contributed by atoms with E-state index in [2.05, 4.69) is 17.1 Å². The van der Waals surface area contributed by atoms with Crippen molar-refractivity contribution >= 4 is 11.9 Å². The molecule has 1 aromatic rings. The van der Waals surface area contributed by atoms with E-state index in [0.29, 0.717) is 0 Å². The van der Waals surface area contributed by atoms with Gasteiger partial charge in [0.2, 0.25) is 5.91 Å². The Hall–Kier alpha value is -2.09. The van der Waals surface area contributed by atoms with E-state index >= 15 is 0 Å². The quantitative estimate of drug-likeness (QED) is 0.721. The minimum absolute atomic E-state index is 0.0367. The van der Waals surface area contributed by atoms with Crippen LogP contribution in [0.15, 0.2) is 12.1 Å². The van der Waals surface area contributed by atoms with Gasteiger partial charge in [-0.25, -0.2) is 18.0 Å². The van der Waals surface area contributed by atoms with Crippen molar-refractivity contribution in [3.05, 3.63) is 35.1 Å². The molecule has 0 spiro atoms. The standard InChI is InChI=1S/C18H23F3N2O3/c1-2-23-5-3-11(4-6-23)10-16(24)22-15(18(25)26)9-12-7-13(19)17(21)14(20)8-12/h7-8,11,15H,2-6,9-10H2,1H3,(H,22,24)(H,25,26)/t15-/m1/s1. The van der Waals surface area contributed by atoms with Crippen molar-refractivity contribution in [2.24, 2.45) is 5.92 Å². The van der Waals surface area contributed by atoms with Crippen LogP contribution >= 0.6 is 0 Å². The predicted octanol–water partition coefficient (Wildman–Crippen LogP) is 2.34. The molecule has 1 aliphatic rings. The Morgan fingerprint density at radius 3 is 2.31 bits per heavy atom. The molecule has 2 rings (SSSR count). The minimum Gasteiger partial charge on any atom is -0.480 e. The number of aliphatic carboxylic acids is 1. The fourth-order valence-corrected chi connectivity index (χ4v) is 3.18. The zero-order valence-electron chi connectivity index (χ0n) is 14.6. The molecule has 0 aromatic heterocycles. The number of amides is 1. The summed E-state index contributed by atoms with van der Waals surface area (Å²) in [6.45, 7) is 4.85. The smallest absolute Gasteiger partial charge is 0.326 e. The number of nitrogens with zero attached hydrogens (tertiary/aromatic N) is 1. The molecule has 26 heavy (non-hydrogen) atoms. The zero-order valence-corrected chi connectivity index (χ0v) is 14.6. The lowest BCUT2D eigenvalue weighted by molar-refractivity contribution is -0.142. The molecule has 8 heteroatoms. The zero-order chi connectivity index (χ0) is 19.3. The van der Waals surface area contributed by atoms with Crippen LogP contribution in [0.4, 0.5) is 13.2 Å². The first-order chi connectivity index (χ1) is 12.3. The Balaban J connectivity index is 1.93. The number of hydrogen-bond donors (Lipinski definition) is 2. The van der Waals surface area contributed by atoms with Gasteiger partial charge in [0.25, 0.3) is 0 Å². The van der Waals surface area contributed by atoms with E-state index in [1.807, 2.05) is 0 Å². The summed E-state index contributed by atoms with van der Waals surface area (Å²) in [6.07, 6.45) is 1.62. The average Bonchev–Trinajstić information content (AvgIpc) is 2.59. The summed E-state index contributed by atoms with van der Waals surface area (Å²) in [5, 5.41) is 11.7. The number of benzene rings is 1. The maximum Gasteiger partial charge on any atom is 0.326 e. The second-order valence-corrected chi connectivity index (χ2v) is 6.62. The molecular formula is C18H23F3N2O3. The molecule has 1 aliphatic heterocycles. The van der Waals surface area contributed by atoms with Crippen molar-refractivity contribution in [1.29, 1.82) is 0 Å². The molecule has 5 nitrogen and oxygen atoms in total. The normalized spacial score (nSPS) is 17.1. The maximum atomic E-state index is 13.3. The summed E-state index contributed by atoms with van der Waals surface area (Å²) in [7, 11) is 0. The topological polar surface area (TPSA) is 69.6 Å². The highest BCUT2D eigenvalue weighted by Crippen LogP contribution is 2.20. The van der Waals surface area contributed by atoms with Crippen LogP contribution in [-0.2, 0) is 16.0 Å². The average molecular weight is 372 g/mol. The first-order valence-electron chi connectivity index (χ1n) is 8.68. The molecule has 1 amide bonds. The molecule has 1 aromatic carbocycles. The lowest BCUT2D eigenvalue weighted by atomic mass is 9.93. The maximum absolute atomic E-state index is 13.3. The molecule has 1 saturated heterocycles. The number of carbonyl (C=O) groups is 2. The Morgan fingerprint density at radius 1 is 1.23 bits per heavy atom. The summed E-state index contributed by atoms with van der Waals surface area (Å²) in [6, 6.07) is 0.143. The van der Waals surface area contributed by atoms with Gasteiger partial charge in [0, 0.05) is 12.8 Å². The van der Waals surface area contributed by atoms with Gasteiger partial charge in [-0.15, -0.1) is 0 Å². The molecule has 0 saturated carbocycles. The first-order valence-corrected chi connectivity index (χ1v) is 8.68. The molecule has 2 N–H and O–H groups in total. The van der Waals surface area contributed by atoms with E-state index in [9.17, 15) is 27.9 Å². The number of likely N-dealkylation sites (tertiary alicyclic amines) is 1. The highest BCUT2D eigenvalue weighted by Gasteiger charge is 2.25. The number of piperidine rings is 1. The summed E-state index contributed by atoms with van der Waals surface area (Å²) >= 11 is 0. The second-order valence-electron chi connectivity index (χ2n) is 6.62. The number of halogens is 3. The monoisotopic (exact) mass is 372 g/mol. The number of nitrogens with one attached hydrogen (secondary N) is 1. The van der Waals surface area contributed by atoms with E-state index in [1.165, 1.54) is 0 Å². The fraction of sp³-hybridized carbons (Fsp3) is 0.556. The third kappa shape index (κ3) is 5.45. The molecule has 1 fully saturated rings. The lowest BCUT2D eigenvalue weighted by Gasteiger charge is -2.30. The third-order valence-corrected chi connectivity index (χ3v) is 4.75. The summed E-state index contributed by atoms with van der Waals surface area (Å²) in [5.74, 6) is -5.92. The van der Waals surface area contributed by atoms with Gasteiger partial charge in [-0.05, 0) is 56.1 Å². The molecular weight excluding hydrogens is 349 g/mol. The van der Waals surface area contributed by atoms with Crippen LogP contribution in [0.1, 0.15) is 31.7 Å². The first kappa shape index (κ1) is 20.2. The van der Waals surface area contributed by atoms with Crippen LogP contribution < -0.4 is 5.32 Å². The highest BCUT2D eigenvalue weighted by atomic mass is 19.2.